The summed E-state index contributed by atoms with van der Waals surface area (Å²) >= 11 is 0. The molecule has 96 valence electrons. The Morgan fingerprint density at radius 1 is 1.42 bits per heavy atom. The van der Waals surface area contributed by atoms with E-state index < -0.39 is 5.97 Å². The maximum atomic E-state index is 11.8. The van der Waals surface area contributed by atoms with Crippen molar-refractivity contribution in [2.24, 2.45) is 0 Å². The number of ether oxygens (including phenoxy) is 1. The van der Waals surface area contributed by atoms with Crippen molar-refractivity contribution in [2.45, 2.75) is 6.92 Å². The second-order valence-corrected chi connectivity index (χ2v) is 4.01. The number of rotatable bonds is 2. The van der Waals surface area contributed by atoms with Crippen LogP contribution in [0.15, 0.2) is 30.5 Å². The third kappa shape index (κ3) is 1.69. The molecular weight excluding hydrogens is 244 g/mol. The summed E-state index contributed by atoms with van der Waals surface area (Å²) in [6, 6.07) is 7.51. The van der Waals surface area contributed by atoms with E-state index in [9.17, 15) is 4.79 Å². The molecule has 0 aliphatic heterocycles. The van der Waals surface area contributed by atoms with Gasteiger partial charge in [0.1, 0.15) is 11.4 Å². The van der Waals surface area contributed by atoms with Gasteiger partial charge in [-0.1, -0.05) is 12.1 Å². The summed E-state index contributed by atoms with van der Waals surface area (Å²) in [7, 11) is 0. The number of para-hydroxylation sites is 2. The molecule has 19 heavy (non-hydrogen) atoms. The number of benzene rings is 1. The predicted molar refractivity (Wildman–Crippen MR) is 70.9 cm³/mol. The summed E-state index contributed by atoms with van der Waals surface area (Å²) in [5.41, 5.74) is 7.88. The van der Waals surface area contributed by atoms with E-state index >= 15 is 0 Å². The van der Waals surface area contributed by atoms with Gasteiger partial charge in [-0.25, -0.2) is 14.8 Å². The maximum Gasteiger partial charge on any atom is 0.343 e. The first-order valence-corrected chi connectivity index (χ1v) is 5.91. The smallest absolute Gasteiger partial charge is 0.343 e. The molecule has 0 bridgehead atoms. The van der Waals surface area contributed by atoms with E-state index in [2.05, 4.69) is 9.97 Å². The lowest BCUT2D eigenvalue weighted by atomic mass is 10.3. The number of carbonyl (C=O) groups excluding carboxylic acids is 1. The third-order valence-corrected chi connectivity index (χ3v) is 2.86. The predicted octanol–water partition coefficient (Wildman–Crippen LogP) is 1.64. The third-order valence-electron chi connectivity index (χ3n) is 2.86. The molecule has 0 aliphatic rings. The van der Waals surface area contributed by atoms with Crippen molar-refractivity contribution in [1.29, 1.82) is 0 Å². The number of hydrogen-bond donors (Lipinski definition) is 1. The first-order chi connectivity index (χ1) is 9.22. The van der Waals surface area contributed by atoms with Gasteiger partial charge in [0.2, 0.25) is 5.78 Å². The van der Waals surface area contributed by atoms with Crippen LogP contribution in [0.3, 0.4) is 0 Å². The zero-order valence-corrected chi connectivity index (χ0v) is 10.3. The lowest BCUT2D eigenvalue weighted by Crippen LogP contribution is -2.12. The topological polar surface area (TPSA) is 82.5 Å². The number of esters is 1. The van der Waals surface area contributed by atoms with Gasteiger partial charge in [0.15, 0.2) is 0 Å². The lowest BCUT2D eigenvalue weighted by Gasteiger charge is -2.06. The number of carbonyl (C=O) groups is 1. The molecule has 2 heterocycles. The molecule has 0 saturated carbocycles. The summed E-state index contributed by atoms with van der Waals surface area (Å²) in [5.74, 6) is 0.274. The standard InChI is InChI=1S/C13H12N4O2/c1-2-19-12(18)8-7-15-13-16-9-5-3-4-6-10(9)17(13)11(8)14/h3-7H,2,14H2,1H3. The number of nitrogens with two attached hydrogens (primary N) is 1. The Morgan fingerprint density at radius 3 is 3.00 bits per heavy atom. The van der Waals surface area contributed by atoms with Crippen LogP contribution in [0.5, 0.6) is 0 Å². The quantitative estimate of drug-likeness (QED) is 0.705. The van der Waals surface area contributed by atoms with Gasteiger partial charge in [-0.2, -0.15) is 0 Å². The molecule has 0 saturated heterocycles. The second kappa shape index (κ2) is 4.24. The Balaban J connectivity index is 2.31. The van der Waals surface area contributed by atoms with Gasteiger partial charge in [0.25, 0.3) is 0 Å². The number of fused-ring (bicyclic) bond motifs is 3. The molecule has 6 heteroatoms. The van der Waals surface area contributed by atoms with Gasteiger partial charge < -0.3 is 10.5 Å². The minimum Gasteiger partial charge on any atom is -0.462 e. The summed E-state index contributed by atoms with van der Waals surface area (Å²) < 4.78 is 6.61. The Morgan fingerprint density at radius 2 is 2.21 bits per heavy atom. The Labute approximate surface area is 108 Å². The highest BCUT2D eigenvalue weighted by Gasteiger charge is 2.16. The number of nitrogens with zero attached hydrogens (tertiary/aromatic N) is 3. The van der Waals surface area contributed by atoms with Crippen LogP contribution in [0, 0.1) is 0 Å². The Hall–Kier alpha value is -2.63. The van der Waals surface area contributed by atoms with Crippen molar-refractivity contribution in [3.63, 3.8) is 0 Å². The zero-order valence-electron chi connectivity index (χ0n) is 10.3. The average molecular weight is 256 g/mol. The SMILES string of the molecule is CCOC(=O)c1cnc2nc3ccccc3n2c1N. The van der Waals surface area contributed by atoms with Crippen LogP contribution < -0.4 is 5.73 Å². The molecule has 0 aliphatic carbocycles. The minimum atomic E-state index is -0.479. The summed E-state index contributed by atoms with van der Waals surface area (Å²) in [4.78, 5) is 20.3. The maximum absolute atomic E-state index is 11.8. The fourth-order valence-electron chi connectivity index (χ4n) is 2.01. The molecule has 3 rings (SSSR count). The van der Waals surface area contributed by atoms with E-state index in [-0.39, 0.29) is 11.4 Å². The van der Waals surface area contributed by atoms with Gasteiger partial charge in [-0.05, 0) is 19.1 Å². The largest absolute Gasteiger partial charge is 0.462 e. The molecule has 0 unspecified atom stereocenters. The van der Waals surface area contributed by atoms with Gasteiger partial charge >= 0.3 is 5.97 Å². The molecule has 0 amide bonds. The summed E-state index contributed by atoms with van der Waals surface area (Å²) in [6.45, 7) is 2.04. The normalized spacial score (nSPS) is 11.0. The number of imidazole rings is 1. The van der Waals surface area contributed by atoms with Crippen LogP contribution >= 0.6 is 0 Å². The van der Waals surface area contributed by atoms with E-state index in [0.717, 1.165) is 11.0 Å². The van der Waals surface area contributed by atoms with Crippen molar-refractivity contribution < 1.29 is 9.53 Å². The molecule has 0 spiro atoms. The van der Waals surface area contributed by atoms with Gasteiger partial charge in [-0.15, -0.1) is 0 Å². The second-order valence-electron chi connectivity index (χ2n) is 4.01. The van der Waals surface area contributed by atoms with Crippen LogP contribution in [0.25, 0.3) is 16.8 Å². The van der Waals surface area contributed by atoms with E-state index in [1.807, 2.05) is 24.3 Å². The fourth-order valence-corrected chi connectivity index (χ4v) is 2.01. The van der Waals surface area contributed by atoms with Crippen LogP contribution in [0.2, 0.25) is 0 Å². The fraction of sp³-hybridized carbons (Fsp3) is 0.154. The monoisotopic (exact) mass is 256 g/mol. The highest BCUT2D eigenvalue weighted by molar-refractivity contribution is 5.95. The lowest BCUT2D eigenvalue weighted by molar-refractivity contribution is 0.0526. The molecule has 1 aromatic carbocycles. The van der Waals surface area contributed by atoms with Gasteiger partial charge in [0.05, 0.1) is 17.6 Å². The number of anilines is 1. The van der Waals surface area contributed by atoms with Crippen molar-refractivity contribution in [3.8, 4) is 0 Å². The molecule has 2 N–H and O–H groups in total. The average Bonchev–Trinajstić information content (AvgIpc) is 2.78. The van der Waals surface area contributed by atoms with Crippen molar-refractivity contribution in [1.82, 2.24) is 14.4 Å². The molecule has 0 atom stereocenters. The highest BCUT2D eigenvalue weighted by atomic mass is 16.5. The molecule has 3 aromatic rings. The van der Waals surface area contributed by atoms with E-state index in [1.165, 1.54) is 6.20 Å². The number of aromatic nitrogens is 3. The highest BCUT2D eigenvalue weighted by Crippen LogP contribution is 2.21. The van der Waals surface area contributed by atoms with E-state index in [1.54, 1.807) is 11.3 Å². The van der Waals surface area contributed by atoms with E-state index in [0.29, 0.717) is 12.4 Å². The van der Waals surface area contributed by atoms with Crippen molar-refractivity contribution in [2.75, 3.05) is 12.3 Å². The van der Waals surface area contributed by atoms with E-state index in [4.69, 9.17) is 10.5 Å². The molecule has 0 fully saturated rings. The first-order valence-electron chi connectivity index (χ1n) is 5.91. The van der Waals surface area contributed by atoms with Crippen molar-refractivity contribution >= 4 is 28.6 Å². The first kappa shape index (κ1) is 11.5. The van der Waals surface area contributed by atoms with Crippen LogP contribution in [0.1, 0.15) is 17.3 Å². The molecule has 2 aromatic heterocycles. The van der Waals surface area contributed by atoms with Crippen molar-refractivity contribution in [3.05, 3.63) is 36.0 Å². The zero-order chi connectivity index (χ0) is 13.4. The van der Waals surface area contributed by atoms with Crippen LogP contribution in [-0.2, 0) is 4.74 Å². The molecule has 6 nitrogen and oxygen atoms in total. The number of hydrogen-bond acceptors (Lipinski definition) is 5. The molecule has 0 radical (unpaired) electrons. The van der Waals surface area contributed by atoms with Gasteiger partial charge in [-0.3, -0.25) is 4.40 Å². The summed E-state index contributed by atoms with van der Waals surface area (Å²) in [6.07, 6.45) is 1.40. The van der Waals surface area contributed by atoms with Crippen LogP contribution in [0.4, 0.5) is 5.82 Å². The summed E-state index contributed by atoms with van der Waals surface area (Å²) in [5, 5.41) is 0. The van der Waals surface area contributed by atoms with Gasteiger partial charge in [0, 0.05) is 6.20 Å². The Kier molecular flexibility index (Phi) is 2.56. The van der Waals surface area contributed by atoms with Crippen LogP contribution in [-0.4, -0.2) is 26.9 Å². The molecular formula is C13H12N4O2. The Bertz CT molecular complexity index is 779. The number of nitrogen functional groups attached to an aromatic ring is 1. The minimum absolute atomic E-state index is 0.248.